The molecule has 2 rings (SSSR count). The first-order chi connectivity index (χ1) is 8.44. The van der Waals surface area contributed by atoms with Crippen LogP contribution in [0.1, 0.15) is 12.6 Å². The quantitative estimate of drug-likeness (QED) is 0.851. The summed E-state index contributed by atoms with van der Waals surface area (Å²) in [7, 11) is 1.39. The molecule has 0 radical (unpaired) electrons. The Morgan fingerprint density at radius 3 is 3.06 bits per heavy atom. The largest absolute Gasteiger partial charge is 0.383 e. The second-order valence-electron chi connectivity index (χ2n) is 4.07. The van der Waals surface area contributed by atoms with Gasteiger partial charge in [0.15, 0.2) is 0 Å². The zero-order valence-corrected chi connectivity index (χ0v) is 9.68. The number of hydrogen-bond acceptors (Lipinski definition) is 5. The Balaban J connectivity index is 2.29. The number of rotatable bonds is 3. The van der Waals surface area contributed by atoms with E-state index >= 15 is 0 Å². The molecule has 2 heterocycles. The first-order valence-electron chi connectivity index (χ1n) is 5.31. The van der Waals surface area contributed by atoms with E-state index in [1.807, 2.05) is 0 Å². The third kappa shape index (κ3) is 2.34. The fourth-order valence-corrected chi connectivity index (χ4v) is 1.89. The summed E-state index contributed by atoms with van der Waals surface area (Å²) in [5, 5.41) is 0. The van der Waals surface area contributed by atoms with E-state index in [0.29, 0.717) is 0 Å². The van der Waals surface area contributed by atoms with E-state index in [9.17, 15) is 13.6 Å². The van der Waals surface area contributed by atoms with Crippen molar-refractivity contribution in [3.8, 4) is 0 Å². The van der Waals surface area contributed by atoms with Crippen LogP contribution in [0.25, 0.3) is 0 Å². The van der Waals surface area contributed by atoms with E-state index in [2.05, 4.69) is 4.98 Å². The Kier molecular flexibility index (Phi) is 3.31. The maximum atomic E-state index is 13.7. The molecule has 0 bridgehead atoms. The van der Waals surface area contributed by atoms with Crippen molar-refractivity contribution < 1.29 is 18.3 Å². The molecule has 1 aromatic rings. The summed E-state index contributed by atoms with van der Waals surface area (Å²) in [6.45, 7) is 0.0449. The first kappa shape index (κ1) is 12.9. The molecular weight excluding hydrogens is 248 g/mol. The Labute approximate surface area is 101 Å². The van der Waals surface area contributed by atoms with Crippen LogP contribution in [0.15, 0.2) is 17.1 Å². The van der Waals surface area contributed by atoms with E-state index in [1.54, 1.807) is 0 Å². The number of hydrogen-bond donors (Lipinski definition) is 1. The Hall–Kier alpha value is -1.54. The summed E-state index contributed by atoms with van der Waals surface area (Å²) in [6, 6.07) is 1.27. The van der Waals surface area contributed by atoms with Gasteiger partial charge in [-0.3, -0.25) is 4.57 Å². The summed E-state index contributed by atoms with van der Waals surface area (Å²) in [6.07, 6.45) is -1.77. The number of nitrogens with two attached hydrogens (primary N) is 1. The molecular formula is C10H13F2N3O3. The van der Waals surface area contributed by atoms with Crippen molar-refractivity contribution in [3.05, 3.63) is 22.7 Å². The lowest BCUT2D eigenvalue weighted by atomic mass is 10.2. The van der Waals surface area contributed by atoms with Gasteiger partial charge < -0.3 is 15.2 Å². The minimum atomic E-state index is -3.15. The number of nitrogen functional groups attached to an aromatic ring is 1. The molecule has 0 aromatic carbocycles. The van der Waals surface area contributed by atoms with Gasteiger partial charge in [0.25, 0.3) is 5.92 Å². The van der Waals surface area contributed by atoms with Crippen molar-refractivity contribution in [2.75, 3.05) is 19.5 Å². The molecule has 1 aliphatic heterocycles. The Morgan fingerprint density at radius 2 is 2.44 bits per heavy atom. The second kappa shape index (κ2) is 4.62. The molecule has 0 aliphatic carbocycles. The number of aromatic nitrogens is 2. The standard InChI is InChI=1S/C10H13F2N3O3/c1-17-5-6-4-10(11,12)8(18-6)15-3-2-7(13)14-9(15)16/h2-3,6,8H,4-5H2,1H3,(H2,13,14,16). The third-order valence-corrected chi connectivity index (χ3v) is 2.64. The molecule has 1 saturated heterocycles. The van der Waals surface area contributed by atoms with E-state index in [0.717, 1.165) is 10.8 Å². The van der Waals surface area contributed by atoms with Gasteiger partial charge in [0.2, 0.25) is 6.23 Å². The van der Waals surface area contributed by atoms with E-state index in [1.165, 1.54) is 13.2 Å². The highest BCUT2D eigenvalue weighted by Crippen LogP contribution is 2.41. The van der Waals surface area contributed by atoms with Crippen LogP contribution in [0.3, 0.4) is 0 Å². The van der Waals surface area contributed by atoms with Crippen LogP contribution in [0.4, 0.5) is 14.6 Å². The number of anilines is 1. The van der Waals surface area contributed by atoms with Crippen molar-refractivity contribution in [2.45, 2.75) is 24.7 Å². The molecule has 0 spiro atoms. The Bertz CT molecular complexity index is 492. The number of halogens is 2. The molecule has 100 valence electrons. The number of nitrogens with zero attached hydrogens (tertiary/aromatic N) is 2. The summed E-state index contributed by atoms with van der Waals surface area (Å²) < 4.78 is 38.1. The highest BCUT2D eigenvalue weighted by Gasteiger charge is 2.51. The minimum absolute atomic E-state index is 0.0222. The molecule has 2 atom stereocenters. The van der Waals surface area contributed by atoms with E-state index in [-0.39, 0.29) is 12.4 Å². The van der Waals surface area contributed by atoms with Crippen LogP contribution < -0.4 is 11.4 Å². The molecule has 1 aliphatic rings. The van der Waals surface area contributed by atoms with Gasteiger partial charge in [-0.1, -0.05) is 0 Å². The van der Waals surface area contributed by atoms with Gasteiger partial charge in [-0.15, -0.1) is 0 Å². The van der Waals surface area contributed by atoms with Gasteiger partial charge in [0.1, 0.15) is 5.82 Å². The summed E-state index contributed by atoms with van der Waals surface area (Å²) in [4.78, 5) is 14.9. The maximum absolute atomic E-state index is 13.7. The second-order valence-corrected chi connectivity index (χ2v) is 4.07. The highest BCUT2D eigenvalue weighted by atomic mass is 19.3. The maximum Gasteiger partial charge on any atom is 0.351 e. The monoisotopic (exact) mass is 261 g/mol. The fourth-order valence-electron chi connectivity index (χ4n) is 1.89. The molecule has 2 N–H and O–H groups in total. The normalized spacial score (nSPS) is 26.4. The van der Waals surface area contributed by atoms with Crippen molar-refractivity contribution in [1.29, 1.82) is 0 Å². The van der Waals surface area contributed by atoms with Gasteiger partial charge in [-0.25, -0.2) is 13.6 Å². The zero-order chi connectivity index (χ0) is 13.3. The molecule has 0 saturated carbocycles. The summed E-state index contributed by atoms with van der Waals surface area (Å²) >= 11 is 0. The van der Waals surface area contributed by atoms with Gasteiger partial charge in [0.05, 0.1) is 12.7 Å². The lowest BCUT2D eigenvalue weighted by Crippen LogP contribution is -2.35. The number of alkyl halides is 2. The van der Waals surface area contributed by atoms with Crippen LogP contribution in [0.2, 0.25) is 0 Å². The van der Waals surface area contributed by atoms with Crippen LogP contribution in [-0.2, 0) is 9.47 Å². The third-order valence-electron chi connectivity index (χ3n) is 2.64. The molecule has 2 unspecified atom stereocenters. The molecule has 8 heteroatoms. The highest BCUT2D eigenvalue weighted by molar-refractivity contribution is 5.23. The molecule has 0 amide bonds. The predicted octanol–water partition coefficient (Wildman–Crippen LogP) is 0.395. The molecule has 1 fully saturated rings. The van der Waals surface area contributed by atoms with Crippen LogP contribution in [0.5, 0.6) is 0 Å². The smallest absolute Gasteiger partial charge is 0.351 e. The summed E-state index contributed by atoms with van der Waals surface area (Å²) in [5.74, 6) is -3.17. The topological polar surface area (TPSA) is 79.4 Å². The zero-order valence-electron chi connectivity index (χ0n) is 9.68. The van der Waals surface area contributed by atoms with E-state index < -0.39 is 30.4 Å². The van der Waals surface area contributed by atoms with Gasteiger partial charge >= 0.3 is 5.69 Å². The lowest BCUT2D eigenvalue weighted by Gasteiger charge is -2.19. The molecule has 6 nitrogen and oxygen atoms in total. The van der Waals surface area contributed by atoms with Crippen LogP contribution in [0, 0.1) is 0 Å². The van der Waals surface area contributed by atoms with Crippen molar-refractivity contribution in [2.24, 2.45) is 0 Å². The van der Waals surface area contributed by atoms with Crippen molar-refractivity contribution in [1.82, 2.24) is 9.55 Å². The van der Waals surface area contributed by atoms with Gasteiger partial charge in [-0.05, 0) is 6.07 Å². The molecule has 18 heavy (non-hydrogen) atoms. The van der Waals surface area contributed by atoms with Crippen LogP contribution >= 0.6 is 0 Å². The predicted molar refractivity (Wildman–Crippen MR) is 58.3 cm³/mol. The minimum Gasteiger partial charge on any atom is -0.383 e. The Morgan fingerprint density at radius 1 is 1.72 bits per heavy atom. The van der Waals surface area contributed by atoms with Crippen LogP contribution in [-0.4, -0.2) is 35.3 Å². The molecule has 1 aromatic heterocycles. The van der Waals surface area contributed by atoms with Crippen molar-refractivity contribution in [3.63, 3.8) is 0 Å². The van der Waals surface area contributed by atoms with Crippen molar-refractivity contribution >= 4 is 5.82 Å². The number of ether oxygens (including phenoxy) is 2. The van der Waals surface area contributed by atoms with Gasteiger partial charge in [0, 0.05) is 19.7 Å². The average molecular weight is 261 g/mol. The van der Waals surface area contributed by atoms with Gasteiger partial charge in [-0.2, -0.15) is 4.98 Å². The first-order valence-corrected chi connectivity index (χ1v) is 5.31. The fraction of sp³-hybridized carbons (Fsp3) is 0.600. The SMILES string of the molecule is COCC1CC(F)(F)C(n2ccc(N)nc2=O)O1. The van der Waals surface area contributed by atoms with E-state index in [4.69, 9.17) is 15.2 Å². The summed E-state index contributed by atoms with van der Waals surface area (Å²) in [5.41, 5.74) is 4.43. The lowest BCUT2D eigenvalue weighted by molar-refractivity contribution is -0.121. The number of methoxy groups -OCH3 is 1. The average Bonchev–Trinajstić information content (AvgIpc) is 2.54.